The molecule has 0 bridgehead atoms. The van der Waals surface area contributed by atoms with Crippen LogP contribution < -0.4 is 5.56 Å². The maximum absolute atomic E-state index is 13.2. The van der Waals surface area contributed by atoms with Crippen molar-refractivity contribution in [3.63, 3.8) is 0 Å². The van der Waals surface area contributed by atoms with Crippen molar-refractivity contribution < 1.29 is 9.53 Å². The van der Waals surface area contributed by atoms with Crippen molar-refractivity contribution in [2.45, 2.75) is 62.7 Å². The summed E-state index contributed by atoms with van der Waals surface area (Å²) in [5.74, 6) is 0.391. The molecule has 1 unspecified atom stereocenters. The van der Waals surface area contributed by atoms with Crippen LogP contribution in [0.1, 0.15) is 51.5 Å². The topological polar surface area (TPSA) is 64.4 Å². The Labute approximate surface area is 181 Å². The first kappa shape index (κ1) is 21.1. The zero-order valence-electron chi connectivity index (χ0n) is 17.7. The molecule has 4 rings (SSSR count). The van der Waals surface area contributed by atoms with Crippen molar-refractivity contribution in [2.75, 3.05) is 19.5 Å². The molecular weight excluding hydrogens is 398 g/mol. The number of carbonyl (C=O) groups is 1. The minimum atomic E-state index is -0.169. The van der Waals surface area contributed by atoms with Gasteiger partial charge in [0.25, 0.3) is 5.56 Å². The van der Waals surface area contributed by atoms with Gasteiger partial charge in [0.15, 0.2) is 5.16 Å². The van der Waals surface area contributed by atoms with E-state index in [9.17, 15) is 9.59 Å². The van der Waals surface area contributed by atoms with Crippen molar-refractivity contribution in [2.24, 2.45) is 0 Å². The molecule has 1 amide bonds. The van der Waals surface area contributed by atoms with E-state index < -0.39 is 0 Å². The van der Waals surface area contributed by atoms with Crippen LogP contribution >= 0.6 is 11.8 Å². The number of carbonyl (C=O) groups excluding carboxylic acids is 1. The molecule has 0 saturated heterocycles. The number of methoxy groups -OCH3 is 1. The minimum Gasteiger partial charge on any atom is -0.383 e. The highest BCUT2D eigenvalue weighted by atomic mass is 32.2. The molecule has 0 spiro atoms. The second-order valence-electron chi connectivity index (χ2n) is 8.12. The Morgan fingerprint density at radius 1 is 1.33 bits per heavy atom. The zero-order valence-corrected chi connectivity index (χ0v) is 18.5. The maximum Gasteiger partial charge on any atom is 0.262 e. The fourth-order valence-corrected chi connectivity index (χ4v) is 5.06. The molecular formula is C23H29N3O3S. The Morgan fingerprint density at radius 3 is 2.83 bits per heavy atom. The summed E-state index contributed by atoms with van der Waals surface area (Å²) in [5.41, 5.74) is 1.76. The second-order valence-corrected chi connectivity index (χ2v) is 9.06. The van der Waals surface area contributed by atoms with Crippen molar-refractivity contribution in [1.29, 1.82) is 0 Å². The van der Waals surface area contributed by atoms with Crippen molar-refractivity contribution >= 4 is 28.6 Å². The molecule has 1 atom stereocenters. The first-order valence-corrected chi connectivity index (χ1v) is 11.7. The summed E-state index contributed by atoms with van der Waals surface area (Å²) in [6.07, 6.45) is 8.78. The summed E-state index contributed by atoms with van der Waals surface area (Å²) < 4.78 is 6.96. The molecule has 0 radical (unpaired) electrons. The third-order valence-electron chi connectivity index (χ3n) is 5.71. The van der Waals surface area contributed by atoms with Crippen LogP contribution in [-0.2, 0) is 9.53 Å². The summed E-state index contributed by atoms with van der Waals surface area (Å²) in [6, 6.07) is 7.54. The fourth-order valence-electron chi connectivity index (χ4n) is 4.10. The Balaban J connectivity index is 1.61. The molecule has 160 valence electrons. The molecule has 30 heavy (non-hydrogen) atoms. The predicted molar refractivity (Wildman–Crippen MR) is 120 cm³/mol. The number of amides is 1. The summed E-state index contributed by atoms with van der Waals surface area (Å²) in [6.45, 7) is 2.35. The van der Waals surface area contributed by atoms with E-state index in [2.05, 4.69) is 6.08 Å². The van der Waals surface area contributed by atoms with E-state index in [1.807, 2.05) is 30.0 Å². The molecule has 2 aromatic rings. The number of aromatic nitrogens is 2. The fraction of sp³-hybridized carbons (Fsp3) is 0.522. The smallest absolute Gasteiger partial charge is 0.262 e. The third kappa shape index (κ3) is 4.47. The first-order valence-electron chi connectivity index (χ1n) is 10.7. The SMILES string of the molecule is COCC(C)n1c(SCC(=O)N(C2=CCCCC2)C2CC2)nc2ccccc2c1=O. The van der Waals surface area contributed by atoms with Crippen LogP contribution in [0.25, 0.3) is 10.9 Å². The van der Waals surface area contributed by atoms with Gasteiger partial charge in [0.1, 0.15) is 0 Å². The van der Waals surface area contributed by atoms with Gasteiger partial charge in [-0.2, -0.15) is 0 Å². The van der Waals surface area contributed by atoms with Crippen molar-refractivity contribution in [1.82, 2.24) is 14.5 Å². The lowest BCUT2D eigenvalue weighted by Crippen LogP contribution is -2.35. The summed E-state index contributed by atoms with van der Waals surface area (Å²) >= 11 is 1.35. The van der Waals surface area contributed by atoms with E-state index in [1.165, 1.54) is 23.9 Å². The Hall–Kier alpha value is -2.12. The number of allylic oxidation sites excluding steroid dienone is 2. The molecule has 1 saturated carbocycles. The first-order chi connectivity index (χ1) is 14.6. The average molecular weight is 428 g/mol. The lowest BCUT2D eigenvalue weighted by Gasteiger charge is -2.28. The van der Waals surface area contributed by atoms with Crippen LogP contribution in [0.4, 0.5) is 0 Å². The largest absolute Gasteiger partial charge is 0.383 e. The molecule has 1 aromatic heterocycles. The summed E-state index contributed by atoms with van der Waals surface area (Å²) in [4.78, 5) is 33.1. The quantitative estimate of drug-likeness (QED) is 0.468. The van der Waals surface area contributed by atoms with Gasteiger partial charge in [0.05, 0.1) is 29.3 Å². The van der Waals surface area contributed by atoms with Gasteiger partial charge >= 0.3 is 0 Å². The molecule has 7 heteroatoms. The van der Waals surface area contributed by atoms with E-state index in [-0.39, 0.29) is 23.3 Å². The number of para-hydroxylation sites is 1. The van der Waals surface area contributed by atoms with Gasteiger partial charge in [0.2, 0.25) is 5.91 Å². The second kappa shape index (κ2) is 9.35. The van der Waals surface area contributed by atoms with Gasteiger partial charge < -0.3 is 9.64 Å². The van der Waals surface area contributed by atoms with Crippen LogP contribution in [0.2, 0.25) is 0 Å². The third-order valence-corrected chi connectivity index (χ3v) is 6.64. The van der Waals surface area contributed by atoms with Crippen molar-refractivity contribution in [3.05, 3.63) is 46.4 Å². The molecule has 1 heterocycles. The van der Waals surface area contributed by atoms with Gasteiger partial charge in [-0.25, -0.2) is 4.98 Å². The molecule has 1 fully saturated rings. The number of fused-ring (bicyclic) bond motifs is 1. The van der Waals surface area contributed by atoms with Gasteiger partial charge in [-0.15, -0.1) is 0 Å². The summed E-state index contributed by atoms with van der Waals surface area (Å²) in [5, 5.41) is 1.16. The normalized spacial score (nSPS) is 17.6. The Morgan fingerprint density at radius 2 is 2.13 bits per heavy atom. The molecule has 1 aromatic carbocycles. The van der Waals surface area contributed by atoms with Crippen LogP contribution in [0, 0.1) is 0 Å². The molecule has 2 aliphatic rings. The average Bonchev–Trinajstić information content (AvgIpc) is 3.58. The molecule has 2 aliphatic carbocycles. The van der Waals surface area contributed by atoms with Crippen LogP contribution in [-0.4, -0.2) is 45.9 Å². The van der Waals surface area contributed by atoms with Crippen LogP contribution in [0.15, 0.2) is 46.0 Å². The van der Waals surface area contributed by atoms with Gasteiger partial charge in [-0.3, -0.25) is 14.2 Å². The summed E-state index contributed by atoms with van der Waals surface area (Å²) in [7, 11) is 1.62. The number of thioether (sulfide) groups is 1. The number of ether oxygens (including phenoxy) is 1. The van der Waals surface area contributed by atoms with E-state index in [1.54, 1.807) is 17.7 Å². The lowest BCUT2D eigenvalue weighted by atomic mass is 10.0. The minimum absolute atomic E-state index is 0.0888. The molecule has 0 aliphatic heterocycles. The van der Waals surface area contributed by atoms with Crippen molar-refractivity contribution in [3.8, 4) is 0 Å². The van der Waals surface area contributed by atoms with Gasteiger partial charge in [-0.1, -0.05) is 30.0 Å². The predicted octanol–water partition coefficient (Wildman–Crippen LogP) is 4.14. The lowest BCUT2D eigenvalue weighted by molar-refractivity contribution is -0.127. The molecule has 0 N–H and O–H groups in total. The van der Waals surface area contributed by atoms with Crippen LogP contribution in [0.3, 0.4) is 0 Å². The van der Waals surface area contributed by atoms with Gasteiger partial charge in [0, 0.05) is 18.8 Å². The Bertz CT molecular complexity index is 1010. The van der Waals surface area contributed by atoms with E-state index in [4.69, 9.17) is 9.72 Å². The monoisotopic (exact) mass is 427 g/mol. The van der Waals surface area contributed by atoms with E-state index in [0.717, 1.165) is 32.1 Å². The number of nitrogens with zero attached hydrogens (tertiary/aromatic N) is 3. The van der Waals surface area contributed by atoms with E-state index >= 15 is 0 Å². The highest BCUT2D eigenvalue weighted by molar-refractivity contribution is 7.99. The number of benzene rings is 1. The number of rotatable bonds is 8. The number of hydrogen-bond acceptors (Lipinski definition) is 5. The molecule has 6 nitrogen and oxygen atoms in total. The highest BCUT2D eigenvalue weighted by Gasteiger charge is 2.35. The number of hydrogen-bond donors (Lipinski definition) is 0. The van der Waals surface area contributed by atoms with E-state index in [0.29, 0.717) is 28.7 Å². The van der Waals surface area contributed by atoms with Gasteiger partial charge in [-0.05, 0) is 57.6 Å². The zero-order chi connectivity index (χ0) is 21.1. The van der Waals surface area contributed by atoms with Crippen LogP contribution in [0.5, 0.6) is 0 Å². The highest BCUT2D eigenvalue weighted by Crippen LogP contribution is 2.34. The maximum atomic E-state index is 13.2. The standard InChI is InChI=1S/C23H29N3O3S/c1-16(14-29-2)25-22(28)19-10-6-7-11-20(19)24-23(25)30-15-21(27)26(18-12-13-18)17-8-4-3-5-9-17/h6-8,10-11,16,18H,3-5,9,12-15H2,1-2H3. The Kier molecular flexibility index (Phi) is 6.58.